The van der Waals surface area contributed by atoms with Gasteiger partial charge in [-0.3, -0.25) is 4.79 Å². The zero-order valence-electron chi connectivity index (χ0n) is 37.2. The second-order valence-electron chi connectivity index (χ2n) is 16.7. The molecule has 0 aliphatic heterocycles. The van der Waals surface area contributed by atoms with Crippen LogP contribution in [0.3, 0.4) is 0 Å². The molecule has 0 saturated heterocycles. The number of carbonyl (C=O) groups is 1. The number of carbonyl (C=O) groups excluding carboxylic acids is 1. The Labute approximate surface area is 414 Å². The summed E-state index contributed by atoms with van der Waals surface area (Å²) in [6, 6.07) is 7.41. The van der Waals surface area contributed by atoms with Crippen LogP contribution >= 0.6 is 0 Å². The van der Waals surface area contributed by atoms with Crippen LogP contribution in [0.2, 0.25) is 0 Å². The van der Waals surface area contributed by atoms with Crippen molar-refractivity contribution in [1.82, 2.24) is 0 Å². The Bertz CT molecular complexity index is 2930. The van der Waals surface area contributed by atoms with Gasteiger partial charge in [0.1, 0.15) is 6.15 Å². The number of ketones is 1. The molecule has 1 heterocycles. The molecular formula is C48H23BF24N2O2. The summed E-state index contributed by atoms with van der Waals surface area (Å²) in [6.45, 7) is 0.211. The lowest BCUT2D eigenvalue weighted by atomic mass is 9.12. The van der Waals surface area contributed by atoms with Gasteiger partial charge >= 0.3 is 55.8 Å². The van der Waals surface area contributed by atoms with Gasteiger partial charge < -0.3 is 4.42 Å². The van der Waals surface area contributed by atoms with Gasteiger partial charge in [0, 0.05) is 11.6 Å². The average molecular weight is 1130 g/mol. The van der Waals surface area contributed by atoms with Crippen molar-refractivity contribution >= 4 is 44.9 Å². The minimum Gasteiger partial charge on any atom is -0.404 e. The number of benzene rings is 6. The Morgan fingerprint density at radius 3 is 0.948 bits per heavy atom. The average Bonchev–Trinajstić information content (AvgIpc) is 3.71. The second-order valence-corrected chi connectivity index (χ2v) is 16.7. The molecule has 0 unspecified atom stereocenters. The molecule has 1 aromatic heterocycles. The Morgan fingerprint density at radius 2 is 0.688 bits per heavy atom. The van der Waals surface area contributed by atoms with Crippen LogP contribution in [0.15, 0.2) is 132 Å². The van der Waals surface area contributed by atoms with E-state index >= 15 is 0 Å². The van der Waals surface area contributed by atoms with Gasteiger partial charge in [0.15, 0.2) is 0 Å². The van der Waals surface area contributed by atoms with Crippen LogP contribution in [0.4, 0.5) is 105 Å². The van der Waals surface area contributed by atoms with Crippen molar-refractivity contribution in [2.75, 3.05) is 0 Å². The molecule has 0 aliphatic rings. The van der Waals surface area contributed by atoms with E-state index in [1.54, 1.807) is 35.2 Å². The zero-order chi connectivity index (χ0) is 57.9. The van der Waals surface area contributed by atoms with Crippen molar-refractivity contribution in [2.24, 2.45) is 0 Å². The zero-order valence-corrected chi connectivity index (χ0v) is 37.2. The molecule has 7 aromatic rings. The third-order valence-corrected chi connectivity index (χ3v) is 11.6. The second kappa shape index (κ2) is 20.0. The topological polar surface area (TPSA) is 57.9 Å². The first kappa shape index (κ1) is 58.6. The molecule has 77 heavy (non-hydrogen) atoms. The van der Waals surface area contributed by atoms with Crippen LogP contribution in [0.25, 0.3) is 11.1 Å². The number of halogens is 24. The minimum atomic E-state index is -6.13. The summed E-state index contributed by atoms with van der Waals surface area (Å²) >= 11 is 0. The number of oxazole rings is 1. The molecule has 0 N–H and O–H groups in total. The number of nitrogens with zero attached hydrogens (tertiary/aromatic N) is 2. The maximum atomic E-state index is 14.2. The van der Waals surface area contributed by atoms with Crippen LogP contribution in [-0.4, -0.2) is 11.9 Å². The van der Waals surface area contributed by atoms with Crippen LogP contribution in [0.1, 0.15) is 60.4 Å². The molecule has 6 aromatic carbocycles. The summed E-state index contributed by atoms with van der Waals surface area (Å²) in [5, 5.41) is 8.74. The van der Waals surface area contributed by atoms with Crippen LogP contribution < -0.4 is 26.4 Å². The van der Waals surface area contributed by atoms with E-state index in [1.165, 1.54) is 0 Å². The molecule has 0 spiro atoms. The number of hydrogen-bond donors (Lipinski definition) is 0. The molecule has 0 bridgehead atoms. The maximum Gasteiger partial charge on any atom is 0.416 e. The summed E-state index contributed by atoms with van der Waals surface area (Å²) < 4.78 is 348. The fourth-order valence-electron chi connectivity index (χ4n) is 8.14. The van der Waals surface area contributed by atoms with Gasteiger partial charge in [-0.25, -0.2) is 0 Å². The molecular weight excluding hydrogens is 1100 g/mol. The summed E-state index contributed by atoms with van der Waals surface area (Å²) in [4.78, 5) is 12.2. The normalized spacial score (nSPS) is 13.3. The number of hydrogen-bond acceptors (Lipinski definition) is 3. The number of rotatable bonds is 7. The molecule has 0 aliphatic carbocycles. The Kier molecular flexibility index (Phi) is 15.3. The molecule has 7 rings (SSSR count). The van der Waals surface area contributed by atoms with Crippen LogP contribution in [0.5, 0.6) is 0 Å². The van der Waals surface area contributed by atoms with E-state index in [-0.39, 0.29) is 12.3 Å². The van der Waals surface area contributed by atoms with Gasteiger partial charge in [-0.05, 0) is 54.6 Å². The van der Waals surface area contributed by atoms with Crippen molar-refractivity contribution in [3.05, 3.63) is 183 Å². The Balaban J connectivity index is 0.000000397. The molecule has 0 saturated carbocycles. The highest BCUT2D eigenvalue weighted by atomic mass is 19.4. The van der Waals surface area contributed by atoms with Crippen molar-refractivity contribution < 1.29 is 119 Å². The third kappa shape index (κ3) is 13.0. The highest BCUT2D eigenvalue weighted by Crippen LogP contribution is 2.41. The third-order valence-electron chi connectivity index (χ3n) is 11.6. The Hall–Kier alpha value is -7.67. The van der Waals surface area contributed by atoms with E-state index in [1.807, 2.05) is 30.3 Å². The first-order valence-electron chi connectivity index (χ1n) is 20.8. The summed E-state index contributed by atoms with van der Waals surface area (Å²) in [6.07, 6.45) is -53.3. The number of aromatic nitrogens is 1. The molecule has 0 fully saturated rings. The van der Waals surface area contributed by atoms with Crippen LogP contribution in [-0.2, 0) is 56.0 Å². The quantitative estimate of drug-likeness (QED) is 0.0692. The number of para-hydroxylation sites is 2. The molecule has 29 heteroatoms. The highest BCUT2D eigenvalue weighted by Gasteiger charge is 2.47. The lowest BCUT2D eigenvalue weighted by Gasteiger charge is -2.46. The monoisotopic (exact) mass is 1130 g/mol. The molecule has 408 valence electrons. The van der Waals surface area contributed by atoms with Gasteiger partial charge in [-0.1, -0.05) is 60.7 Å². The predicted molar refractivity (Wildman–Crippen MR) is 222 cm³/mol. The standard InChI is InChI=1S/C32H12BF24.C16H11N2O2/c34-25(35,36)13-1-14(26(37,38)39)6-21(5-13)33(22-7-15(27(40,41)42)2-16(8-22)28(43,44)45,23-9-17(29(46,47)48)3-18(10-23)30(49,50)51)24-11-19(31(52,53)54)4-20(12-24)32(55,56)57;17-9-12-5-7-13(8-6-12)15(19)10-18-11-20-16-4-2-1-3-14(16)18/h1-12H;1-8,11H,10H2/q-1;+1. The first-order valence-corrected chi connectivity index (χ1v) is 20.8. The summed E-state index contributed by atoms with van der Waals surface area (Å²) in [5.74, 6) is -0.0222. The number of alkyl halides is 24. The lowest BCUT2D eigenvalue weighted by molar-refractivity contribution is -0.662. The van der Waals surface area contributed by atoms with Crippen molar-refractivity contribution in [2.45, 2.75) is 56.0 Å². The summed E-state index contributed by atoms with van der Waals surface area (Å²) in [7, 11) is 0. The number of fused-ring (bicyclic) bond motifs is 1. The van der Waals surface area contributed by atoms with Gasteiger partial charge in [-0.2, -0.15) is 137 Å². The fraction of sp³-hybridized carbons (Fsp3) is 0.188. The van der Waals surface area contributed by atoms with Gasteiger partial charge in [0.2, 0.25) is 17.9 Å². The van der Waals surface area contributed by atoms with Gasteiger partial charge in [-0.15, -0.1) is 0 Å². The van der Waals surface area contributed by atoms with Crippen molar-refractivity contribution in [3.8, 4) is 6.07 Å². The first-order chi connectivity index (χ1) is 35.0. The largest absolute Gasteiger partial charge is 0.416 e. The molecule has 0 atom stereocenters. The Morgan fingerprint density at radius 1 is 0.416 bits per heavy atom. The molecule has 0 radical (unpaired) electrons. The van der Waals surface area contributed by atoms with E-state index in [0.717, 1.165) is 11.1 Å². The smallest absolute Gasteiger partial charge is 0.404 e. The van der Waals surface area contributed by atoms with Crippen LogP contribution in [0, 0.1) is 11.3 Å². The fourth-order valence-corrected chi connectivity index (χ4v) is 8.14. The van der Waals surface area contributed by atoms with E-state index in [2.05, 4.69) is 0 Å². The minimum absolute atomic E-state index is 0.0222. The highest BCUT2D eigenvalue weighted by molar-refractivity contribution is 7.20. The summed E-state index contributed by atoms with van der Waals surface area (Å²) in [5.41, 5.74) is -27.4. The number of nitriles is 1. The molecule has 4 nitrogen and oxygen atoms in total. The predicted octanol–water partition coefficient (Wildman–Crippen LogP) is 13.7. The van der Waals surface area contributed by atoms with E-state index in [0.29, 0.717) is 11.1 Å². The maximum absolute atomic E-state index is 14.2. The van der Waals surface area contributed by atoms with Crippen molar-refractivity contribution in [1.29, 1.82) is 5.26 Å². The van der Waals surface area contributed by atoms with Gasteiger partial charge in [0.25, 0.3) is 5.52 Å². The van der Waals surface area contributed by atoms with E-state index in [9.17, 15) is 110 Å². The van der Waals surface area contributed by atoms with Crippen molar-refractivity contribution in [3.63, 3.8) is 0 Å². The molecule has 0 amide bonds. The van der Waals surface area contributed by atoms with Gasteiger partial charge in [0.05, 0.1) is 56.1 Å². The SMILES string of the molecule is FC(F)(F)c1cc([B-](c2cc(C(F)(F)F)cc(C(F)(F)F)c2)(c2cc(C(F)(F)F)cc(C(F)(F)F)c2)c2cc(C(F)(F)F)cc(C(F)(F)F)c2)cc(C(F)(F)F)c1.N#Cc1ccc(C(=O)C[n+]2coc3ccccc32)cc1. The van der Waals surface area contributed by atoms with E-state index < -0.39 is 195 Å². The number of Topliss-reactive ketones (excluding diaryl/α,β-unsaturated/α-hetero) is 1. The van der Waals surface area contributed by atoms with E-state index in [4.69, 9.17) is 9.68 Å². The lowest BCUT2D eigenvalue weighted by Crippen LogP contribution is -2.75.